The second kappa shape index (κ2) is 6.67. The standard InChI is InChI=1S/C18H20N4O5/c1-20-11-8-22(9-14(19)23)16(15(11)17(24)21(2)18(20)25)10-5-6-12(26-3)13(7-10)27-4/h5-8H,9H2,1-4H3,(H2,19,23). The van der Waals surface area contributed by atoms with E-state index in [1.807, 2.05) is 0 Å². The monoisotopic (exact) mass is 372 g/mol. The Hall–Kier alpha value is -3.49. The second-order valence-electron chi connectivity index (χ2n) is 6.11. The van der Waals surface area contributed by atoms with Crippen LogP contribution in [0.3, 0.4) is 0 Å². The lowest BCUT2D eigenvalue weighted by Gasteiger charge is -2.12. The van der Waals surface area contributed by atoms with Crippen LogP contribution in [0.4, 0.5) is 0 Å². The molecular formula is C18H20N4O5. The van der Waals surface area contributed by atoms with E-state index in [-0.39, 0.29) is 6.54 Å². The van der Waals surface area contributed by atoms with Gasteiger partial charge in [-0.3, -0.25) is 18.7 Å². The van der Waals surface area contributed by atoms with E-state index in [9.17, 15) is 14.4 Å². The van der Waals surface area contributed by atoms with Gasteiger partial charge in [-0.1, -0.05) is 0 Å². The third-order valence-electron chi connectivity index (χ3n) is 4.50. The molecule has 0 radical (unpaired) electrons. The van der Waals surface area contributed by atoms with Crippen molar-refractivity contribution in [3.8, 4) is 22.8 Å². The molecule has 1 aromatic carbocycles. The van der Waals surface area contributed by atoms with Crippen molar-refractivity contribution in [3.63, 3.8) is 0 Å². The Morgan fingerprint density at radius 3 is 2.33 bits per heavy atom. The number of methoxy groups -OCH3 is 2. The predicted molar refractivity (Wildman–Crippen MR) is 100 cm³/mol. The van der Waals surface area contributed by atoms with E-state index in [0.717, 1.165) is 4.57 Å². The van der Waals surface area contributed by atoms with Crippen LogP contribution in [-0.4, -0.2) is 33.8 Å². The van der Waals surface area contributed by atoms with Crippen molar-refractivity contribution in [3.05, 3.63) is 45.2 Å². The Labute approximate surface area is 154 Å². The molecule has 0 aliphatic heterocycles. The van der Waals surface area contributed by atoms with Gasteiger partial charge < -0.3 is 19.8 Å². The van der Waals surface area contributed by atoms with Crippen LogP contribution in [0.1, 0.15) is 0 Å². The highest BCUT2D eigenvalue weighted by Crippen LogP contribution is 2.35. The number of amides is 1. The molecular weight excluding hydrogens is 352 g/mol. The van der Waals surface area contributed by atoms with Gasteiger partial charge in [0.15, 0.2) is 11.5 Å². The minimum absolute atomic E-state index is 0.143. The zero-order chi connectivity index (χ0) is 19.9. The predicted octanol–water partition coefficient (Wildman–Crippen LogP) is 0.208. The minimum Gasteiger partial charge on any atom is -0.493 e. The maximum Gasteiger partial charge on any atom is 0.330 e. The summed E-state index contributed by atoms with van der Waals surface area (Å²) in [6, 6.07) is 5.15. The van der Waals surface area contributed by atoms with Crippen molar-refractivity contribution in [1.82, 2.24) is 13.7 Å². The molecule has 0 spiro atoms. The van der Waals surface area contributed by atoms with Crippen LogP contribution < -0.4 is 26.5 Å². The van der Waals surface area contributed by atoms with Gasteiger partial charge in [0, 0.05) is 25.9 Å². The topological polar surface area (TPSA) is 110 Å². The fraction of sp³-hybridized carbons (Fsp3) is 0.278. The summed E-state index contributed by atoms with van der Waals surface area (Å²) in [6.07, 6.45) is 1.58. The molecule has 1 amide bonds. The third-order valence-corrected chi connectivity index (χ3v) is 4.50. The average molecular weight is 372 g/mol. The fourth-order valence-corrected chi connectivity index (χ4v) is 3.18. The Morgan fingerprint density at radius 1 is 1.07 bits per heavy atom. The Kier molecular flexibility index (Phi) is 4.52. The highest BCUT2D eigenvalue weighted by Gasteiger charge is 2.21. The molecule has 142 valence electrons. The molecule has 2 aromatic heterocycles. The van der Waals surface area contributed by atoms with E-state index in [1.165, 1.54) is 25.8 Å². The molecule has 9 nitrogen and oxygen atoms in total. The molecule has 2 N–H and O–H groups in total. The van der Waals surface area contributed by atoms with Gasteiger partial charge in [0.25, 0.3) is 5.56 Å². The molecule has 9 heteroatoms. The SMILES string of the molecule is COc1ccc(-c2c3c(=O)n(C)c(=O)n(C)c3cn2CC(N)=O)cc1OC. The van der Waals surface area contributed by atoms with Crippen molar-refractivity contribution in [2.45, 2.75) is 6.54 Å². The van der Waals surface area contributed by atoms with Crippen LogP contribution >= 0.6 is 0 Å². The Morgan fingerprint density at radius 2 is 1.74 bits per heavy atom. The molecule has 0 atom stereocenters. The van der Waals surface area contributed by atoms with Crippen molar-refractivity contribution < 1.29 is 14.3 Å². The number of nitrogens with zero attached hydrogens (tertiary/aromatic N) is 3. The number of primary amides is 1. The zero-order valence-corrected chi connectivity index (χ0v) is 15.5. The van der Waals surface area contributed by atoms with Gasteiger partial charge in [-0.2, -0.15) is 0 Å². The number of aromatic nitrogens is 3. The molecule has 0 bridgehead atoms. The molecule has 27 heavy (non-hydrogen) atoms. The maximum atomic E-state index is 12.8. The number of aryl methyl sites for hydroxylation is 1. The van der Waals surface area contributed by atoms with Crippen LogP contribution in [0.2, 0.25) is 0 Å². The first-order valence-corrected chi connectivity index (χ1v) is 8.09. The molecule has 3 rings (SSSR count). The number of fused-ring (bicyclic) bond motifs is 1. The second-order valence-corrected chi connectivity index (χ2v) is 6.11. The van der Waals surface area contributed by atoms with Gasteiger partial charge in [-0.15, -0.1) is 0 Å². The zero-order valence-electron chi connectivity index (χ0n) is 15.5. The van der Waals surface area contributed by atoms with Crippen LogP contribution in [0.25, 0.3) is 22.2 Å². The lowest BCUT2D eigenvalue weighted by Crippen LogP contribution is -2.36. The van der Waals surface area contributed by atoms with Gasteiger partial charge in [-0.05, 0) is 18.2 Å². The van der Waals surface area contributed by atoms with E-state index >= 15 is 0 Å². The summed E-state index contributed by atoms with van der Waals surface area (Å²) in [4.78, 5) is 36.7. The van der Waals surface area contributed by atoms with Gasteiger partial charge in [0.2, 0.25) is 5.91 Å². The molecule has 0 saturated heterocycles. The summed E-state index contributed by atoms with van der Waals surface area (Å²) in [6.45, 7) is -0.143. The molecule has 2 heterocycles. The van der Waals surface area contributed by atoms with E-state index in [2.05, 4.69) is 0 Å². The normalized spacial score (nSPS) is 11.0. The first-order chi connectivity index (χ1) is 12.8. The van der Waals surface area contributed by atoms with Crippen molar-refractivity contribution >= 4 is 16.8 Å². The molecule has 0 aliphatic rings. The number of hydrogen-bond donors (Lipinski definition) is 1. The first kappa shape index (κ1) is 18.3. The number of ether oxygens (including phenoxy) is 2. The number of benzene rings is 1. The lowest BCUT2D eigenvalue weighted by atomic mass is 10.1. The summed E-state index contributed by atoms with van der Waals surface area (Å²) >= 11 is 0. The van der Waals surface area contributed by atoms with Crippen molar-refractivity contribution in [2.24, 2.45) is 19.8 Å². The molecule has 3 aromatic rings. The summed E-state index contributed by atoms with van der Waals surface area (Å²) in [5, 5.41) is 0.313. The molecule has 0 unspecified atom stereocenters. The summed E-state index contributed by atoms with van der Waals surface area (Å²) in [5.74, 6) is 0.425. The average Bonchev–Trinajstić information content (AvgIpc) is 3.02. The smallest absolute Gasteiger partial charge is 0.330 e. The number of carbonyl (C=O) groups excluding carboxylic acids is 1. The summed E-state index contributed by atoms with van der Waals surface area (Å²) in [5.41, 5.74) is 5.97. The summed E-state index contributed by atoms with van der Waals surface area (Å²) in [7, 11) is 6.00. The van der Waals surface area contributed by atoms with Gasteiger partial charge in [0.05, 0.1) is 30.8 Å². The molecule has 0 aliphatic carbocycles. The van der Waals surface area contributed by atoms with Crippen LogP contribution in [0, 0.1) is 0 Å². The molecule has 0 fully saturated rings. The Balaban J connectivity index is 2.45. The van der Waals surface area contributed by atoms with Crippen LogP contribution in [-0.2, 0) is 25.4 Å². The van der Waals surface area contributed by atoms with Crippen LogP contribution in [0.5, 0.6) is 11.5 Å². The van der Waals surface area contributed by atoms with E-state index < -0.39 is 17.2 Å². The number of nitrogens with two attached hydrogens (primary N) is 1. The first-order valence-electron chi connectivity index (χ1n) is 8.09. The lowest BCUT2D eigenvalue weighted by molar-refractivity contribution is -0.118. The number of carbonyl (C=O) groups is 1. The summed E-state index contributed by atoms with van der Waals surface area (Å²) < 4.78 is 14.5. The third kappa shape index (κ3) is 2.86. The van der Waals surface area contributed by atoms with Crippen molar-refractivity contribution in [1.29, 1.82) is 0 Å². The fourth-order valence-electron chi connectivity index (χ4n) is 3.18. The van der Waals surface area contributed by atoms with E-state index in [0.29, 0.717) is 33.7 Å². The van der Waals surface area contributed by atoms with Gasteiger partial charge in [-0.25, -0.2) is 4.79 Å². The largest absolute Gasteiger partial charge is 0.493 e. The highest BCUT2D eigenvalue weighted by molar-refractivity contribution is 5.95. The quantitative estimate of drug-likeness (QED) is 0.688. The van der Waals surface area contributed by atoms with Crippen molar-refractivity contribution in [2.75, 3.05) is 14.2 Å². The number of rotatable bonds is 5. The van der Waals surface area contributed by atoms with Gasteiger partial charge in [0.1, 0.15) is 6.54 Å². The van der Waals surface area contributed by atoms with E-state index in [1.54, 1.807) is 36.0 Å². The Bertz CT molecular complexity index is 1170. The van der Waals surface area contributed by atoms with Crippen LogP contribution in [0.15, 0.2) is 34.0 Å². The van der Waals surface area contributed by atoms with Gasteiger partial charge >= 0.3 is 5.69 Å². The minimum atomic E-state index is -0.571. The molecule has 0 saturated carbocycles. The number of hydrogen-bond acceptors (Lipinski definition) is 5. The maximum absolute atomic E-state index is 12.8. The highest BCUT2D eigenvalue weighted by atomic mass is 16.5. The van der Waals surface area contributed by atoms with E-state index in [4.69, 9.17) is 15.2 Å².